The molecule has 17 heavy (non-hydrogen) atoms. The van der Waals surface area contributed by atoms with Crippen molar-refractivity contribution in [1.82, 2.24) is 0 Å². The van der Waals surface area contributed by atoms with Crippen LogP contribution < -0.4 is 4.18 Å². The molecule has 1 aromatic carbocycles. The lowest BCUT2D eigenvalue weighted by molar-refractivity contribution is -0.0501. The highest BCUT2D eigenvalue weighted by Gasteiger charge is 2.48. The predicted molar refractivity (Wildman–Crippen MR) is 49.2 cm³/mol. The molecule has 0 amide bonds. The molecule has 0 bridgehead atoms. The van der Waals surface area contributed by atoms with Crippen LogP contribution in [0.3, 0.4) is 0 Å². The minimum atomic E-state index is -5.71. The van der Waals surface area contributed by atoms with Crippen LogP contribution in [0, 0.1) is 0 Å². The Labute approximate surface area is 94.2 Å². The first-order chi connectivity index (χ1) is 7.63. The minimum Gasteiger partial charge on any atom is -0.376 e. The Hall–Kier alpha value is -1.32. The van der Waals surface area contributed by atoms with Gasteiger partial charge in [-0.2, -0.15) is 21.6 Å². The summed E-state index contributed by atoms with van der Waals surface area (Å²) in [5.41, 5.74) is -5.52. The van der Waals surface area contributed by atoms with E-state index in [9.17, 15) is 21.6 Å². The van der Waals surface area contributed by atoms with Crippen LogP contribution in [-0.4, -0.2) is 24.1 Å². The second-order valence-electron chi connectivity index (χ2n) is 2.93. The highest BCUT2D eigenvalue weighted by Crippen LogP contribution is 2.27. The monoisotopic (exact) mass is 272 g/mol. The normalized spacial score (nSPS) is 12.8. The van der Waals surface area contributed by atoms with E-state index < -0.39 is 27.7 Å². The molecular weight excluding hydrogens is 265 g/mol. The van der Waals surface area contributed by atoms with Crippen molar-refractivity contribution in [2.24, 2.45) is 0 Å². The number of halogens is 3. The van der Waals surface area contributed by atoms with Gasteiger partial charge in [0, 0.05) is 5.56 Å². The molecule has 9 heteroatoms. The van der Waals surface area contributed by atoms with E-state index in [1.54, 1.807) is 0 Å². The van der Waals surface area contributed by atoms with E-state index in [1.807, 2.05) is 0 Å². The molecule has 2 N–H and O–H groups in total. The molecule has 0 saturated heterocycles. The third-order valence-corrected chi connectivity index (χ3v) is 2.65. The van der Waals surface area contributed by atoms with Gasteiger partial charge in [0.25, 0.3) is 0 Å². The molecule has 1 aromatic rings. The van der Waals surface area contributed by atoms with Gasteiger partial charge in [-0.15, -0.1) is 0 Å². The predicted octanol–water partition coefficient (Wildman–Crippen LogP) is 0.898. The quantitative estimate of drug-likeness (QED) is 0.485. The van der Waals surface area contributed by atoms with E-state index in [4.69, 9.17) is 10.2 Å². The summed E-state index contributed by atoms with van der Waals surface area (Å²) in [4.78, 5) is 0. The van der Waals surface area contributed by atoms with Gasteiger partial charge in [-0.3, -0.25) is 0 Å². The summed E-state index contributed by atoms with van der Waals surface area (Å²) >= 11 is 0. The fraction of sp³-hybridized carbons (Fsp3) is 0.250. The van der Waals surface area contributed by atoms with Crippen LogP contribution in [0.4, 0.5) is 13.2 Å². The molecule has 96 valence electrons. The Balaban J connectivity index is 2.91. The van der Waals surface area contributed by atoms with Crippen LogP contribution in [0.2, 0.25) is 0 Å². The summed E-state index contributed by atoms with van der Waals surface area (Å²) < 4.78 is 60.8. The van der Waals surface area contributed by atoms with Gasteiger partial charge < -0.3 is 14.4 Å². The zero-order valence-electron chi connectivity index (χ0n) is 8.05. The first-order valence-electron chi connectivity index (χ1n) is 4.10. The minimum absolute atomic E-state index is 0.0123. The topological polar surface area (TPSA) is 83.8 Å². The molecule has 0 atom stereocenters. The number of benzene rings is 1. The van der Waals surface area contributed by atoms with E-state index in [0.717, 1.165) is 24.3 Å². The van der Waals surface area contributed by atoms with Crippen LogP contribution in [0.1, 0.15) is 11.9 Å². The van der Waals surface area contributed by atoms with Crippen molar-refractivity contribution in [2.45, 2.75) is 11.8 Å². The zero-order chi connectivity index (χ0) is 13.3. The van der Waals surface area contributed by atoms with Crippen LogP contribution >= 0.6 is 0 Å². The molecule has 0 heterocycles. The number of alkyl halides is 3. The van der Waals surface area contributed by atoms with Crippen molar-refractivity contribution in [2.75, 3.05) is 0 Å². The van der Waals surface area contributed by atoms with Gasteiger partial charge in [-0.25, -0.2) is 0 Å². The Morgan fingerprint density at radius 2 is 1.59 bits per heavy atom. The molecule has 0 aromatic heterocycles. The van der Waals surface area contributed by atoms with Crippen LogP contribution in [0.5, 0.6) is 5.75 Å². The first-order valence-corrected chi connectivity index (χ1v) is 5.51. The maximum Gasteiger partial charge on any atom is 0.534 e. The van der Waals surface area contributed by atoms with E-state index in [0.29, 0.717) is 0 Å². The molecule has 0 aliphatic rings. The maximum absolute atomic E-state index is 11.9. The molecule has 5 nitrogen and oxygen atoms in total. The summed E-state index contributed by atoms with van der Waals surface area (Å²) in [5.74, 6) is -0.577. The van der Waals surface area contributed by atoms with Gasteiger partial charge in [0.2, 0.25) is 0 Å². The largest absolute Gasteiger partial charge is 0.534 e. The summed E-state index contributed by atoms with van der Waals surface area (Å²) in [6.07, 6.45) is -1.80. The van der Waals surface area contributed by atoms with E-state index >= 15 is 0 Å². The van der Waals surface area contributed by atoms with Crippen molar-refractivity contribution >= 4 is 10.1 Å². The van der Waals surface area contributed by atoms with E-state index in [-0.39, 0.29) is 5.56 Å². The summed E-state index contributed by atoms with van der Waals surface area (Å²) in [5, 5.41) is 17.4. The van der Waals surface area contributed by atoms with E-state index in [1.165, 1.54) is 0 Å². The van der Waals surface area contributed by atoms with Gasteiger partial charge in [-0.1, -0.05) is 12.1 Å². The fourth-order valence-electron chi connectivity index (χ4n) is 0.869. The van der Waals surface area contributed by atoms with Crippen LogP contribution in [0.25, 0.3) is 0 Å². The highest BCUT2D eigenvalue weighted by atomic mass is 32.2. The molecule has 1 rings (SSSR count). The van der Waals surface area contributed by atoms with Crippen LogP contribution in [-0.2, 0) is 10.1 Å². The number of aliphatic hydroxyl groups excluding tert-OH is 1. The number of hydrogen-bond donors (Lipinski definition) is 2. The van der Waals surface area contributed by atoms with Gasteiger partial charge >= 0.3 is 15.6 Å². The number of rotatable bonds is 3. The van der Waals surface area contributed by atoms with Crippen LogP contribution in [0.15, 0.2) is 24.3 Å². The average Bonchev–Trinajstić information content (AvgIpc) is 2.16. The standard InChI is InChI=1S/C8H7F3O5S/c9-8(10,11)17(14,15)16-6-3-1-5(2-4-6)7(12)13/h1-4,7,12-13H. The summed E-state index contributed by atoms with van der Waals surface area (Å²) in [6, 6.07) is 3.79. The highest BCUT2D eigenvalue weighted by molar-refractivity contribution is 7.87. The number of aliphatic hydroxyl groups is 2. The smallest absolute Gasteiger partial charge is 0.376 e. The van der Waals surface area contributed by atoms with Gasteiger partial charge in [-0.05, 0) is 12.1 Å². The lowest BCUT2D eigenvalue weighted by Crippen LogP contribution is -2.28. The molecule has 0 aliphatic heterocycles. The SMILES string of the molecule is O=S(=O)(Oc1ccc(C(O)O)cc1)C(F)(F)F. The molecule has 0 radical (unpaired) electrons. The lowest BCUT2D eigenvalue weighted by Gasteiger charge is -2.10. The van der Waals surface area contributed by atoms with Gasteiger partial charge in [0.05, 0.1) is 0 Å². The maximum atomic E-state index is 11.9. The third-order valence-electron chi connectivity index (χ3n) is 1.67. The molecule has 0 unspecified atom stereocenters. The second-order valence-corrected chi connectivity index (χ2v) is 4.46. The first kappa shape index (κ1) is 13.7. The molecule has 0 saturated carbocycles. The van der Waals surface area contributed by atoms with E-state index in [2.05, 4.69) is 4.18 Å². The summed E-state index contributed by atoms with van der Waals surface area (Å²) in [6.45, 7) is 0. The average molecular weight is 272 g/mol. The number of hydrogen-bond acceptors (Lipinski definition) is 5. The van der Waals surface area contributed by atoms with Crippen molar-refractivity contribution < 1.29 is 36.0 Å². The zero-order valence-corrected chi connectivity index (χ0v) is 8.86. The Morgan fingerprint density at radius 1 is 1.12 bits per heavy atom. The van der Waals surface area contributed by atoms with Crippen molar-refractivity contribution in [3.8, 4) is 5.75 Å². The molecule has 0 fully saturated rings. The fourth-order valence-corrected chi connectivity index (χ4v) is 1.33. The Kier molecular flexibility index (Phi) is 3.65. The summed E-state index contributed by atoms with van der Waals surface area (Å²) in [7, 11) is -5.71. The van der Waals surface area contributed by atoms with Gasteiger partial charge in [0.1, 0.15) is 5.75 Å². The Morgan fingerprint density at radius 3 is 1.94 bits per heavy atom. The third kappa shape index (κ3) is 3.32. The van der Waals surface area contributed by atoms with Crippen molar-refractivity contribution in [1.29, 1.82) is 0 Å². The molecular formula is C8H7F3O5S. The Bertz CT molecular complexity index is 477. The van der Waals surface area contributed by atoms with Gasteiger partial charge in [0.15, 0.2) is 6.29 Å². The molecule has 0 spiro atoms. The lowest BCUT2D eigenvalue weighted by atomic mass is 10.2. The second kappa shape index (κ2) is 4.51. The molecule has 0 aliphatic carbocycles. The van der Waals surface area contributed by atoms with Crippen molar-refractivity contribution in [3.05, 3.63) is 29.8 Å². The van der Waals surface area contributed by atoms with Crippen molar-refractivity contribution in [3.63, 3.8) is 0 Å².